The highest BCUT2D eigenvalue weighted by Crippen LogP contribution is 2.17. The van der Waals surface area contributed by atoms with Crippen LogP contribution in [0.25, 0.3) is 0 Å². The molecule has 1 aromatic carbocycles. The number of rotatable bonds is 4. The fraction of sp³-hybridized carbons (Fsp3) is 0.500. The zero-order valence-corrected chi connectivity index (χ0v) is 10.4. The van der Waals surface area contributed by atoms with Crippen molar-refractivity contribution in [1.82, 2.24) is 10.2 Å². The van der Waals surface area contributed by atoms with Gasteiger partial charge in [-0.3, -0.25) is 9.69 Å². The summed E-state index contributed by atoms with van der Waals surface area (Å²) < 4.78 is 0. The van der Waals surface area contributed by atoms with Crippen LogP contribution in [0.3, 0.4) is 0 Å². The summed E-state index contributed by atoms with van der Waals surface area (Å²) >= 11 is 0. The summed E-state index contributed by atoms with van der Waals surface area (Å²) in [6, 6.07) is 10.6. The second-order valence-corrected chi connectivity index (χ2v) is 4.81. The average Bonchev–Trinajstić information content (AvgIpc) is 2.75. The maximum Gasteiger partial charge on any atom is 0.216 e. The molecule has 0 radical (unpaired) electrons. The zero-order valence-electron chi connectivity index (χ0n) is 10.4. The van der Waals surface area contributed by atoms with Crippen LogP contribution in [0.2, 0.25) is 0 Å². The molecule has 1 aliphatic heterocycles. The summed E-state index contributed by atoms with van der Waals surface area (Å²) in [5.74, 6) is 0.689. The standard InChI is InChI=1S/C14H20N2O/c1-12(17)15-9-14-7-8-16(11-14)10-13-5-3-2-4-6-13/h2-6,14H,7-11H2,1H3,(H,15,17)/t14-/m1/s1. The molecule has 3 heteroatoms. The van der Waals surface area contributed by atoms with Crippen LogP contribution in [0.15, 0.2) is 30.3 Å². The number of carbonyl (C=O) groups excluding carboxylic acids is 1. The summed E-state index contributed by atoms with van der Waals surface area (Å²) in [5.41, 5.74) is 1.37. The van der Waals surface area contributed by atoms with Crippen LogP contribution >= 0.6 is 0 Å². The molecule has 0 spiro atoms. The first-order valence-electron chi connectivity index (χ1n) is 6.25. The van der Waals surface area contributed by atoms with Crippen molar-refractivity contribution < 1.29 is 4.79 Å². The predicted octanol–water partition coefficient (Wildman–Crippen LogP) is 1.64. The Bertz CT molecular complexity index is 364. The van der Waals surface area contributed by atoms with E-state index in [0.29, 0.717) is 5.92 Å². The van der Waals surface area contributed by atoms with E-state index in [1.54, 1.807) is 6.92 Å². The van der Waals surface area contributed by atoms with E-state index in [4.69, 9.17) is 0 Å². The molecule has 0 aromatic heterocycles. The third-order valence-corrected chi connectivity index (χ3v) is 3.26. The summed E-state index contributed by atoms with van der Waals surface area (Å²) in [7, 11) is 0. The number of carbonyl (C=O) groups is 1. The van der Waals surface area contributed by atoms with Crippen molar-refractivity contribution in [2.45, 2.75) is 19.9 Å². The van der Waals surface area contributed by atoms with E-state index in [0.717, 1.165) is 26.2 Å². The largest absolute Gasteiger partial charge is 0.356 e. The van der Waals surface area contributed by atoms with Gasteiger partial charge in [0, 0.05) is 26.6 Å². The van der Waals surface area contributed by atoms with E-state index in [2.05, 4.69) is 34.5 Å². The van der Waals surface area contributed by atoms with Crippen molar-refractivity contribution in [2.24, 2.45) is 5.92 Å². The lowest BCUT2D eigenvalue weighted by Gasteiger charge is -2.16. The van der Waals surface area contributed by atoms with Gasteiger partial charge in [-0.2, -0.15) is 0 Å². The van der Waals surface area contributed by atoms with E-state index >= 15 is 0 Å². The molecule has 1 aromatic rings. The number of nitrogens with one attached hydrogen (secondary N) is 1. The highest BCUT2D eigenvalue weighted by Gasteiger charge is 2.22. The molecule has 0 unspecified atom stereocenters. The quantitative estimate of drug-likeness (QED) is 0.856. The van der Waals surface area contributed by atoms with Gasteiger partial charge < -0.3 is 5.32 Å². The van der Waals surface area contributed by atoms with Crippen molar-refractivity contribution in [3.63, 3.8) is 0 Å². The Morgan fingerprint density at radius 1 is 1.41 bits per heavy atom. The fourth-order valence-corrected chi connectivity index (χ4v) is 2.35. The number of hydrogen-bond acceptors (Lipinski definition) is 2. The number of nitrogens with zero attached hydrogens (tertiary/aromatic N) is 1. The molecular weight excluding hydrogens is 212 g/mol. The SMILES string of the molecule is CC(=O)NC[C@H]1CCN(Cc2ccccc2)C1. The van der Waals surface area contributed by atoms with Crippen LogP contribution in [0.5, 0.6) is 0 Å². The third-order valence-electron chi connectivity index (χ3n) is 3.26. The van der Waals surface area contributed by atoms with Gasteiger partial charge in [-0.1, -0.05) is 30.3 Å². The molecule has 3 nitrogen and oxygen atoms in total. The molecule has 1 atom stereocenters. The Hall–Kier alpha value is -1.35. The first-order valence-corrected chi connectivity index (χ1v) is 6.25. The van der Waals surface area contributed by atoms with Crippen LogP contribution in [-0.2, 0) is 11.3 Å². The lowest BCUT2D eigenvalue weighted by molar-refractivity contribution is -0.119. The number of likely N-dealkylation sites (tertiary alicyclic amines) is 1. The second kappa shape index (κ2) is 5.82. The molecule has 1 amide bonds. The Morgan fingerprint density at radius 3 is 2.88 bits per heavy atom. The van der Waals surface area contributed by atoms with Gasteiger partial charge in [-0.25, -0.2) is 0 Å². The highest BCUT2D eigenvalue weighted by molar-refractivity contribution is 5.72. The van der Waals surface area contributed by atoms with Gasteiger partial charge >= 0.3 is 0 Å². The third kappa shape index (κ3) is 3.86. The van der Waals surface area contributed by atoms with E-state index in [1.165, 1.54) is 12.0 Å². The van der Waals surface area contributed by atoms with E-state index in [-0.39, 0.29) is 5.91 Å². The first kappa shape index (κ1) is 12.1. The Labute approximate surface area is 103 Å². The first-order chi connectivity index (χ1) is 8.24. The Balaban J connectivity index is 1.76. The molecule has 17 heavy (non-hydrogen) atoms. The minimum Gasteiger partial charge on any atom is -0.356 e. The van der Waals surface area contributed by atoms with Crippen molar-refractivity contribution in [2.75, 3.05) is 19.6 Å². The molecule has 0 bridgehead atoms. The van der Waals surface area contributed by atoms with Crippen LogP contribution in [0.4, 0.5) is 0 Å². The van der Waals surface area contributed by atoms with Gasteiger partial charge in [0.2, 0.25) is 5.91 Å². The van der Waals surface area contributed by atoms with Crippen molar-refractivity contribution in [1.29, 1.82) is 0 Å². The van der Waals surface area contributed by atoms with E-state index in [9.17, 15) is 4.79 Å². The smallest absolute Gasteiger partial charge is 0.216 e. The molecule has 1 saturated heterocycles. The molecule has 1 aliphatic rings. The highest BCUT2D eigenvalue weighted by atomic mass is 16.1. The summed E-state index contributed by atoms with van der Waals surface area (Å²) in [6.45, 7) is 5.66. The molecule has 1 heterocycles. The molecule has 92 valence electrons. The van der Waals surface area contributed by atoms with Crippen molar-refractivity contribution in [3.8, 4) is 0 Å². The Morgan fingerprint density at radius 2 is 2.18 bits per heavy atom. The van der Waals surface area contributed by atoms with E-state index < -0.39 is 0 Å². The van der Waals surface area contributed by atoms with Gasteiger partial charge in [0.15, 0.2) is 0 Å². The predicted molar refractivity (Wildman–Crippen MR) is 68.5 cm³/mol. The summed E-state index contributed by atoms with van der Waals surface area (Å²) in [4.78, 5) is 13.3. The van der Waals surface area contributed by atoms with Crippen LogP contribution in [-0.4, -0.2) is 30.4 Å². The molecule has 1 N–H and O–H groups in total. The normalized spacial score (nSPS) is 20.4. The van der Waals surface area contributed by atoms with Gasteiger partial charge in [-0.05, 0) is 24.4 Å². The van der Waals surface area contributed by atoms with Crippen molar-refractivity contribution >= 4 is 5.91 Å². The average molecular weight is 232 g/mol. The number of benzene rings is 1. The van der Waals surface area contributed by atoms with E-state index in [1.807, 2.05) is 6.07 Å². The maximum atomic E-state index is 10.8. The molecule has 0 aliphatic carbocycles. The zero-order chi connectivity index (χ0) is 12.1. The van der Waals surface area contributed by atoms with Crippen LogP contribution in [0, 0.1) is 5.92 Å². The monoisotopic (exact) mass is 232 g/mol. The van der Waals surface area contributed by atoms with Gasteiger partial charge in [-0.15, -0.1) is 0 Å². The minimum atomic E-state index is 0.0755. The molecule has 2 rings (SSSR count). The second-order valence-electron chi connectivity index (χ2n) is 4.81. The van der Waals surface area contributed by atoms with Gasteiger partial charge in [0.05, 0.1) is 0 Å². The number of amides is 1. The van der Waals surface area contributed by atoms with Crippen LogP contribution in [0.1, 0.15) is 18.9 Å². The Kier molecular flexibility index (Phi) is 4.15. The van der Waals surface area contributed by atoms with Crippen LogP contribution < -0.4 is 5.32 Å². The summed E-state index contributed by atoms with van der Waals surface area (Å²) in [5, 5.41) is 2.91. The summed E-state index contributed by atoms with van der Waals surface area (Å²) in [6.07, 6.45) is 1.19. The number of hydrogen-bond donors (Lipinski definition) is 1. The molecule has 0 saturated carbocycles. The maximum absolute atomic E-state index is 10.8. The topological polar surface area (TPSA) is 32.3 Å². The lowest BCUT2D eigenvalue weighted by atomic mass is 10.1. The minimum absolute atomic E-state index is 0.0755. The molecule has 1 fully saturated rings. The van der Waals surface area contributed by atoms with Crippen molar-refractivity contribution in [3.05, 3.63) is 35.9 Å². The fourth-order valence-electron chi connectivity index (χ4n) is 2.35. The molecular formula is C14H20N2O. The van der Waals surface area contributed by atoms with Gasteiger partial charge in [0.25, 0.3) is 0 Å². The lowest BCUT2D eigenvalue weighted by Crippen LogP contribution is -2.29. The van der Waals surface area contributed by atoms with Gasteiger partial charge in [0.1, 0.15) is 0 Å².